The Bertz CT molecular complexity index is 1420. The summed E-state index contributed by atoms with van der Waals surface area (Å²) in [5.41, 5.74) is 2.62. The Morgan fingerprint density at radius 2 is 2.00 bits per heavy atom. The SMILES string of the molecule is CC(C)(C)OC(=O)N1CCc2cc(-c3cn4c(n3)sc3cc(C(=O)O)ccc34)c(F)cc21. The zero-order valence-electron chi connectivity index (χ0n) is 17.7. The quantitative estimate of drug-likeness (QED) is 0.442. The van der Waals surface area contributed by atoms with E-state index in [1.54, 1.807) is 45.2 Å². The number of benzene rings is 2. The van der Waals surface area contributed by atoms with Gasteiger partial charge in [0, 0.05) is 18.3 Å². The fourth-order valence-corrected chi connectivity index (χ4v) is 4.93. The first-order valence-corrected chi connectivity index (χ1v) is 10.9. The predicted molar refractivity (Wildman–Crippen MR) is 120 cm³/mol. The summed E-state index contributed by atoms with van der Waals surface area (Å²) in [5.74, 6) is -1.46. The number of carboxylic acid groups (broad SMARTS) is 1. The number of rotatable bonds is 2. The molecule has 4 aromatic rings. The van der Waals surface area contributed by atoms with E-state index in [-0.39, 0.29) is 5.56 Å². The number of carbonyl (C=O) groups is 2. The molecule has 7 nitrogen and oxygen atoms in total. The van der Waals surface area contributed by atoms with Gasteiger partial charge in [0.2, 0.25) is 0 Å². The minimum absolute atomic E-state index is 0.210. The van der Waals surface area contributed by atoms with E-state index >= 15 is 4.39 Å². The third-order valence-corrected chi connectivity index (χ3v) is 6.31. The number of imidazole rings is 1. The van der Waals surface area contributed by atoms with Crippen LogP contribution < -0.4 is 4.90 Å². The molecule has 1 aliphatic rings. The predicted octanol–water partition coefficient (Wildman–Crippen LogP) is 5.35. The molecule has 2 aromatic heterocycles. The number of ether oxygens (including phenoxy) is 1. The summed E-state index contributed by atoms with van der Waals surface area (Å²) in [4.78, 5) is 30.4. The number of nitrogens with zero attached hydrogens (tertiary/aromatic N) is 3. The molecule has 164 valence electrons. The lowest BCUT2D eigenvalue weighted by molar-refractivity contribution is 0.0583. The minimum Gasteiger partial charge on any atom is -0.478 e. The van der Waals surface area contributed by atoms with Gasteiger partial charge in [-0.1, -0.05) is 11.3 Å². The second kappa shape index (κ2) is 7.03. The number of hydrogen-bond donors (Lipinski definition) is 1. The normalized spacial score (nSPS) is 13.7. The number of thiazole rings is 1. The molecule has 3 heterocycles. The summed E-state index contributed by atoms with van der Waals surface area (Å²) < 4.78 is 23.2. The van der Waals surface area contributed by atoms with Crippen molar-refractivity contribution in [2.45, 2.75) is 32.8 Å². The fraction of sp³-hybridized carbons (Fsp3) is 0.261. The highest BCUT2D eigenvalue weighted by Gasteiger charge is 2.30. The van der Waals surface area contributed by atoms with Gasteiger partial charge in [0.05, 0.1) is 27.2 Å². The molecule has 0 atom stereocenters. The van der Waals surface area contributed by atoms with E-state index in [1.807, 2.05) is 4.40 Å². The highest BCUT2D eigenvalue weighted by atomic mass is 32.1. The van der Waals surface area contributed by atoms with Crippen molar-refractivity contribution in [1.82, 2.24) is 9.38 Å². The molecule has 0 saturated heterocycles. The topological polar surface area (TPSA) is 84.1 Å². The number of carbonyl (C=O) groups excluding carboxylic acids is 1. The van der Waals surface area contributed by atoms with Crippen LogP contribution in [0.25, 0.3) is 26.4 Å². The summed E-state index contributed by atoms with van der Waals surface area (Å²) in [5, 5.41) is 9.19. The number of anilines is 1. The zero-order valence-corrected chi connectivity index (χ0v) is 18.5. The number of hydrogen-bond acceptors (Lipinski definition) is 5. The summed E-state index contributed by atoms with van der Waals surface area (Å²) in [6.07, 6.45) is 1.86. The summed E-state index contributed by atoms with van der Waals surface area (Å²) >= 11 is 1.35. The van der Waals surface area contributed by atoms with Crippen molar-refractivity contribution in [1.29, 1.82) is 0 Å². The maximum absolute atomic E-state index is 15.1. The van der Waals surface area contributed by atoms with Gasteiger partial charge in [0.25, 0.3) is 0 Å². The van der Waals surface area contributed by atoms with Gasteiger partial charge in [-0.25, -0.2) is 19.0 Å². The van der Waals surface area contributed by atoms with Crippen molar-refractivity contribution in [3.8, 4) is 11.3 Å². The number of fused-ring (bicyclic) bond motifs is 4. The van der Waals surface area contributed by atoms with Crippen LogP contribution in [-0.4, -0.2) is 38.7 Å². The van der Waals surface area contributed by atoms with E-state index in [4.69, 9.17) is 4.74 Å². The van der Waals surface area contributed by atoms with Crippen molar-refractivity contribution in [3.63, 3.8) is 0 Å². The fourth-order valence-electron chi connectivity index (χ4n) is 3.88. The number of aromatic carboxylic acids is 1. The Morgan fingerprint density at radius 1 is 1.22 bits per heavy atom. The van der Waals surface area contributed by atoms with Gasteiger partial charge >= 0.3 is 12.1 Å². The first kappa shape index (κ1) is 20.4. The Hall–Kier alpha value is -3.46. The largest absolute Gasteiger partial charge is 0.478 e. The van der Waals surface area contributed by atoms with Crippen LogP contribution in [0.4, 0.5) is 14.9 Å². The van der Waals surface area contributed by atoms with Crippen molar-refractivity contribution in [2.75, 3.05) is 11.4 Å². The smallest absolute Gasteiger partial charge is 0.414 e. The molecule has 5 rings (SSSR count). The van der Waals surface area contributed by atoms with Crippen LogP contribution in [0.1, 0.15) is 36.7 Å². The molecule has 0 saturated carbocycles. The third kappa shape index (κ3) is 3.38. The van der Waals surface area contributed by atoms with Crippen molar-refractivity contribution in [3.05, 3.63) is 53.5 Å². The van der Waals surface area contributed by atoms with Gasteiger partial charge in [0.15, 0.2) is 4.96 Å². The molecule has 0 radical (unpaired) electrons. The van der Waals surface area contributed by atoms with E-state index in [9.17, 15) is 14.7 Å². The van der Waals surface area contributed by atoms with Crippen LogP contribution in [0.3, 0.4) is 0 Å². The lowest BCUT2D eigenvalue weighted by atomic mass is 10.1. The van der Waals surface area contributed by atoms with Gasteiger partial charge < -0.3 is 9.84 Å². The molecule has 1 aliphatic heterocycles. The van der Waals surface area contributed by atoms with Crippen LogP contribution in [0.2, 0.25) is 0 Å². The van der Waals surface area contributed by atoms with Crippen LogP contribution >= 0.6 is 11.3 Å². The molecule has 32 heavy (non-hydrogen) atoms. The average molecular weight is 453 g/mol. The van der Waals surface area contributed by atoms with E-state index in [1.165, 1.54) is 28.4 Å². The number of carboxylic acids is 1. The van der Waals surface area contributed by atoms with Gasteiger partial charge in [-0.05, 0) is 63.1 Å². The van der Waals surface area contributed by atoms with E-state index in [2.05, 4.69) is 4.98 Å². The standard InChI is InChI=1S/C23H20FN3O4S/c1-23(2,3)31-22(30)26-7-6-12-8-14(15(24)10-18(12)26)16-11-27-17-5-4-13(20(28)29)9-19(17)32-21(27)25-16/h4-5,8-11H,6-7H2,1-3H3,(H,28,29). The maximum Gasteiger partial charge on any atom is 0.414 e. The minimum atomic E-state index is -0.987. The van der Waals surface area contributed by atoms with Crippen molar-refractivity contribution < 1.29 is 23.8 Å². The van der Waals surface area contributed by atoms with E-state index in [0.717, 1.165) is 15.8 Å². The molecular formula is C23H20FN3O4S. The molecule has 0 aliphatic carbocycles. The maximum atomic E-state index is 15.1. The third-order valence-electron chi connectivity index (χ3n) is 5.29. The second-order valence-electron chi connectivity index (χ2n) is 8.71. The lowest BCUT2D eigenvalue weighted by Gasteiger charge is -2.24. The molecular weight excluding hydrogens is 433 g/mol. The van der Waals surface area contributed by atoms with Crippen LogP contribution in [0.15, 0.2) is 36.5 Å². The van der Waals surface area contributed by atoms with Crippen molar-refractivity contribution >= 4 is 44.3 Å². The van der Waals surface area contributed by atoms with Crippen LogP contribution in [-0.2, 0) is 11.2 Å². The Labute approximate surface area is 186 Å². The monoisotopic (exact) mass is 453 g/mol. The van der Waals surface area contributed by atoms with E-state index < -0.39 is 23.5 Å². The van der Waals surface area contributed by atoms with Gasteiger partial charge in [-0.2, -0.15) is 0 Å². The van der Waals surface area contributed by atoms with E-state index in [0.29, 0.717) is 34.9 Å². The first-order chi connectivity index (χ1) is 15.1. The van der Waals surface area contributed by atoms with Crippen LogP contribution in [0, 0.1) is 5.82 Å². The average Bonchev–Trinajstić information content (AvgIpc) is 3.37. The number of aromatic nitrogens is 2. The molecule has 1 N–H and O–H groups in total. The van der Waals surface area contributed by atoms with Gasteiger partial charge in [-0.15, -0.1) is 0 Å². The lowest BCUT2D eigenvalue weighted by Crippen LogP contribution is -2.35. The second-order valence-corrected chi connectivity index (χ2v) is 9.72. The molecule has 0 unspecified atom stereocenters. The molecule has 0 spiro atoms. The van der Waals surface area contributed by atoms with Crippen molar-refractivity contribution in [2.24, 2.45) is 0 Å². The summed E-state index contributed by atoms with van der Waals surface area (Å²) in [7, 11) is 0. The Morgan fingerprint density at radius 3 is 2.72 bits per heavy atom. The molecule has 1 amide bonds. The zero-order chi connectivity index (χ0) is 22.8. The van der Waals surface area contributed by atoms with Gasteiger partial charge in [0.1, 0.15) is 11.4 Å². The van der Waals surface area contributed by atoms with Crippen LogP contribution in [0.5, 0.6) is 0 Å². The first-order valence-electron chi connectivity index (χ1n) is 10.1. The number of halogens is 1. The summed E-state index contributed by atoms with van der Waals surface area (Å²) in [6.45, 7) is 5.81. The summed E-state index contributed by atoms with van der Waals surface area (Å²) in [6, 6.07) is 7.99. The highest BCUT2D eigenvalue weighted by Crippen LogP contribution is 2.36. The highest BCUT2D eigenvalue weighted by molar-refractivity contribution is 7.23. The Kier molecular flexibility index (Phi) is 4.49. The number of amides is 1. The molecule has 9 heteroatoms. The molecule has 0 fully saturated rings. The molecule has 0 bridgehead atoms. The Balaban J connectivity index is 1.52. The molecule has 2 aromatic carbocycles. The van der Waals surface area contributed by atoms with Gasteiger partial charge in [-0.3, -0.25) is 9.30 Å².